The van der Waals surface area contributed by atoms with Gasteiger partial charge in [-0.3, -0.25) is 10.1 Å². The number of carboxylic acid groups (broad SMARTS) is 1. The van der Waals surface area contributed by atoms with Crippen LogP contribution in [0, 0.1) is 10.1 Å². The SMILES string of the molecule is O=C(O)c1ccc(Oc2c(Cl)cc([N+](=O)[O-])cc2Cl)nc1. The molecule has 0 amide bonds. The molecule has 108 valence electrons. The van der Waals surface area contributed by atoms with E-state index in [2.05, 4.69) is 4.98 Å². The molecule has 0 spiro atoms. The van der Waals surface area contributed by atoms with E-state index in [9.17, 15) is 14.9 Å². The van der Waals surface area contributed by atoms with Gasteiger partial charge in [0.15, 0.2) is 5.75 Å². The summed E-state index contributed by atoms with van der Waals surface area (Å²) >= 11 is 11.7. The lowest BCUT2D eigenvalue weighted by atomic mass is 10.3. The lowest BCUT2D eigenvalue weighted by molar-refractivity contribution is -0.384. The van der Waals surface area contributed by atoms with E-state index in [4.69, 9.17) is 33.0 Å². The van der Waals surface area contributed by atoms with Gasteiger partial charge in [-0.1, -0.05) is 23.2 Å². The van der Waals surface area contributed by atoms with Crippen LogP contribution < -0.4 is 4.74 Å². The fourth-order valence-electron chi connectivity index (χ4n) is 1.42. The minimum atomic E-state index is -1.12. The van der Waals surface area contributed by atoms with Crippen molar-refractivity contribution in [2.45, 2.75) is 0 Å². The van der Waals surface area contributed by atoms with Crippen molar-refractivity contribution in [3.63, 3.8) is 0 Å². The molecule has 1 heterocycles. The molecular formula is C12H6Cl2N2O5. The zero-order valence-electron chi connectivity index (χ0n) is 10.1. The summed E-state index contributed by atoms with van der Waals surface area (Å²) in [5, 5.41) is 19.3. The van der Waals surface area contributed by atoms with Gasteiger partial charge in [0.1, 0.15) is 0 Å². The van der Waals surface area contributed by atoms with Crippen molar-refractivity contribution < 1.29 is 19.6 Å². The summed E-state index contributed by atoms with van der Waals surface area (Å²) in [4.78, 5) is 24.5. The van der Waals surface area contributed by atoms with Crippen LogP contribution in [0.2, 0.25) is 10.0 Å². The summed E-state index contributed by atoms with van der Waals surface area (Å²) in [7, 11) is 0. The Hall–Kier alpha value is -2.38. The first kappa shape index (κ1) is 15.0. The Morgan fingerprint density at radius 3 is 2.33 bits per heavy atom. The van der Waals surface area contributed by atoms with Crippen LogP contribution in [0.25, 0.3) is 0 Å². The van der Waals surface area contributed by atoms with E-state index in [0.717, 1.165) is 18.3 Å². The van der Waals surface area contributed by atoms with Gasteiger partial charge in [-0.05, 0) is 6.07 Å². The number of rotatable bonds is 4. The van der Waals surface area contributed by atoms with Gasteiger partial charge in [0, 0.05) is 24.4 Å². The monoisotopic (exact) mass is 328 g/mol. The Morgan fingerprint density at radius 2 is 1.90 bits per heavy atom. The van der Waals surface area contributed by atoms with Gasteiger partial charge in [-0.2, -0.15) is 0 Å². The Labute approximate surface area is 127 Å². The predicted octanol–water partition coefficient (Wildman–Crippen LogP) is 3.79. The molecular weight excluding hydrogens is 323 g/mol. The maximum Gasteiger partial charge on any atom is 0.337 e. The first-order valence-electron chi connectivity index (χ1n) is 5.39. The molecule has 0 radical (unpaired) electrons. The van der Waals surface area contributed by atoms with Crippen LogP contribution >= 0.6 is 23.2 Å². The molecule has 9 heteroatoms. The molecule has 1 N–H and O–H groups in total. The normalized spacial score (nSPS) is 10.2. The van der Waals surface area contributed by atoms with Gasteiger partial charge < -0.3 is 9.84 Å². The van der Waals surface area contributed by atoms with Crippen LogP contribution in [0.3, 0.4) is 0 Å². The summed E-state index contributed by atoms with van der Waals surface area (Å²) in [6.07, 6.45) is 1.10. The van der Waals surface area contributed by atoms with Crippen LogP contribution in [0.15, 0.2) is 30.5 Å². The van der Waals surface area contributed by atoms with Crippen LogP contribution in [0.4, 0.5) is 5.69 Å². The van der Waals surface area contributed by atoms with Gasteiger partial charge in [0.05, 0.1) is 20.5 Å². The largest absolute Gasteiger partial charge is 0.478 e. The molecule has 7 nitrogen and oxygen atoms in total. The van der Waals surface area contributed by atoms with Gasteiger partial charge in [-0.25, -0.2) is 9.78 Å². The topological polar surface area (TPSA) is 103 Å². The number of halogens is 2. The number of nitrogens with zero attached hydrogens (tertiary/aromatic N) is 2. The maximum absolute atomic E-state index is 10.7. The molecule has 1 aromatic heterocycles. The average molecular weight is 329 g/mol. The third kappa shape index (κ3) is 3.39. The number of ether oxygens (including phenoxy) is 1. The fraction of sp³-hybridized carbons (Fsp3) is 0. The second kappa shape index (κ2) is 5.94. The lowest BCUT2D eigenvalue weighted by Crippen LogP contribution is -1.98. The number of carboxylic acids is 1. The quantitative estimate of drug-likeness (QED) is 0.676. The van der Waals surface area contributed by atoms with E-state index in [-0.39, 0.29) is 32.9 Å². The Balaban J connectivity index is 2.31. The fourth-order valence-corrected chi connectivity index (χ4v) is 1.97. The number of aromatic carboxylic acids is 1. The van der Waals surface area contributed by atoms with Crippen LogP contribution in [0.1, 0.15) is 10.4 Å². The standard InChI is InChI=1S/C12H6Cl2N2O5/c13-8-3-7(16(19)20)4-9(14)11(8)21-10-2-1-6(5-15-10)12(17)18/h1-5H,(H,17,18). The van der Waals surface area contributed by atoms with Crippen molar-refractivity contribution in [2.24, 2.45) is 0 Å². The number of nitro benzene ring substituents is 1. The molecule has 0 atom stereocenters. The Bertz CT molecular complexity index is 695. The number of nitro groups is 1. The summed E-state index contributed by atoms with van der Waals surface area (Å²) in [6.45, 7) is 0. The predicted molar refractivity (Wildman–Crippen MR) is 74.4 cm³/mol. The van der Waals surface area contributed by atoms with Crippen molar-refractivity contribution in [3.8, 4) is 11.6 Å². The van der Waals surface area contributed by atoms with Crippen molar-refractivity contribution in [1.82, 2.24) is 4.98 Å². The molecule has 0 saturated carbocycles. The van der Waals surface area contributed by atoms with Crippen molar-refractivity contribution >= 4 is 34.9 Å². The molecule has 0 fully saturated rings. The summed E-state index contributed by atoms with van der Waals surface area (Å²) < 4.78 is 5.32. The highest BCUT2D eigenvalue weighted by Crippen LogP contribution is 2.38. The molecule has 0 aliphatic rings. The number of pyridine rings is 1. The summed E-state index contributed by atoms with van der Waals surface area (Å²) in [5.41, 5.74) is -0.283. The lowest BCUT2D eigenvalue weighted by Gasteiger charge is -2.08. The second-order valence-corrected chi connectivity index (χ2v) is 4.60. The van der Waals surface area contributed by atoms with E-state index < -0.39 is 10.9 Å². The van der Waals surface area contributed by atoms with E-state index in [0.29, 0.717) is 0 Å². The molecule has 0 aliphatic heterocycles. The van der Waals surface area contributed by atoms with Crippen LogP contribution in [0.5, 0.6) is 11.6 Å². The van der Waals surface area contributed by atoms with Crippen molar-refractivity contribution in [1.29, 1.82) is 0 Å². The highest BCUT2D eigenvalue weighted by molar-refractivity contribution is 6.37. The number of carbonyl (C=O) groups is 1. The molecule has 0 bridgehead atoms. The highest BCUT2D eigenvalue weighted by Gasteiger charge is 2.17. The Kier molecular flexibility index (Phi) is 4.25. The van der Waals surface area contributed by atoms with Gasteiger partial charge in [-0.15, -0.1) is 0 Å². The van der Waals surface area contributed by atoms with Gasteiger partial charge >= 0.3 is 5.97 Å². The molecule has 0 unspecified atom stereocenters. The number of benzene rings is 1. The number of aromatic nitrogens is 1. The third-order valence-electron chi connectivity index (χ3n) is 2.38. The summed E-state index contributed by atoms with van der Waals surface area (Å²) in [6, 6.07) is 4.79. The zero-order chi connectivity index (χ0) is 15.6. The number of hydrogen-bond donors (Lipinski definition) is 1. The molecule has 0 saturated heterocycles. The molecule has 2 aromatic rings. The third-order valence-corrected chi connectivity index (χ3v) is 2.95. The average Bonchev–Trinajstić information content (AvgIpc) is 2.43. The van der Waals surface area contributed by atoms with Crippen LogP contribution in [-0.2, 0) is 0 Å². The van der Waals surface area contributed by atoms with Crippen molar-refractivity contribution in [2.75, 3.05) is 0 Å². The maximum atomic E-state index is 10.7. The number of non-ortho nitro benzene ring substituents is 1. The van der Waals surface area contributed by atoms with Crippen molar-refractivity contribution in [3.05, 3.63) is 56.2 Å². The van der Waals surface area contributed by atoms with E-state index in [1.54, 1.807) is 0 Å². The second-order valence-electron chi connectivity index (χ2n) is 3.79. The van der Waals surface area contributed by atoms with Crippen LogP contribution in [-0.4, -0.2) is 21.0 Å². The molecule has 2 rings (SSSR count). The van der Waals surface area contributed by atoms with Gasteiger partial charge in [0.25, 0.3) is 5.69 Å². The summed E-state index contributed by atoms with van der Waals surface area (Å²) in [5.74, 6) is -1.07. The first-order chi connectivity index (χ1) is 9.88. The molecule has 1 aromatic carbocycles. The smallest absolute Gasteiger partial charge is 0.337 e. The molecule has 0 aliphatic carbocycles. The Morgan fingerprint density at radius 1 is 1.29 bits per heavy atom. The van der Waals surface area contributed by atoms with E-state index >= 15 is 0 Å². The van der Waals surface area contributed by atoms with E-state index in [1.165, 1.54) is 12.1 Å². The van der Waals surface area contributed by atoms with E-state index in [1.807, 2.05) is 0 Å². The molecule has 21 heavy (non-hydrogen) atoms. The minimum Gasteiger partial charge on any atom is -0.478 e. The number of hydrogen-bond acceptors (Lipinski definition) is 5. The van der Waals surface area contributed by atoms with Gasteiger partial charge in [0.2, 0.25) is 5.88 Å². The zero-order valence-corrected chi connectivity index (χ0v) is 11.6. The first-order valence-corrected chi connectivity index (χ1v) is 6.14. The highest BCUT2D eigenvalue weighted by atomic mass is 35.5. The minimum absolute atomic E-state index is 0.000455.